The van der Waals surface area contributed by atoms with Crippen LogP contribution < -0.4 is 11.5 Å². The number of aliphatic hydroxyl groups excluding tert-OH is 2. The first-order valence-electron chi connectivity index (χ1n) is 3.47. The van der Waals surface area contributed by atoms with E-state index >= 15 is 0 Å². The Labute approximate surface area is 60.8 Å². The number of hydrogen-bond acceptors (Lipinski definition) is 4. The van der Waals surface area contributed by atoms with Crippen molar-refractivity contribution in [1.82, 2.24) is 0 Å². The fraction of sp³-hybridized carbons (Fsp3) is 1.00. The Bertz CT molecular complexity index is 80.1. The predicted octanol–water partition coefficient (Wildman–Crippen LogP) is -1.59. The van der Waals surface area contributed by atoms with E-state index in [1.165, 1.54) is 0 Å². The molecule has 0 heterocycles. The summed E-state index contributed by atoms with van der Waals surface area (Å²) in [5.41, 5.74) is 10.6. The van der Waals surface area contributed by atoms with Gasteiger partial charge in [-0.3, -0.25) is 0 Å². The molecule has 6 N–H and O–H groups in total. The van der Waals surface area contributed by atoms with Gasteiger partial charge in [-0.15, -0.1) is 0 Å². The van der Waals surface area contributed by atoms with Gasteiger partial charge in [0.1, 0.15) is 0 Å². The molecule has 0 rings (SSSR count). The summed E-state index contributed by atoms with van der Waals surface area (Å²) < 4.78 is 0. The lowest BCUT2D eigenvalue weighted by molar-refractivity contribution is 0.126. The van der Waals surface area contributed by atoms with E-state index in [1.807, 2.05) is 0 Å². The molecule has 0 saturated carbocycles. The van der Waals surface area contributed by atoms with Crippen LogP contribution >= 0.6 is 0 Å². The average Bonchev–Trinajstić information content (AvgIpc) is 1.98. The van der Waals surface area contributed by atoms with Gasteiger partial charge in [0, 0.05) is 19.2 Å². The molecule has 0 bridgehead atoms. The SMILES string of the molecule is NCC(N)C(O)CCCO. The largest absolute Gasteiger partial charge is 0.396 e. The minimum atomic E-state index is -0.572. The lowest BCUT2D eigenvalue weighted by Gasteiger charge is -2.15. The van der Waals surface area contributed by atoms with Gasteiger partial charge >= 0.3 is 0 Å². The Morgan fingerprint density at radius 3 is 2.40 bits per heavy atom. The molecule has 62 valence electrons. The van der Waals surface area contributed by atoms with Crippen LogP contribution in [-0.2, 0) is 0 Å². The zero-order valence-corrected chi connectivity index (χ0v) is 6.03. The lowest BCUT2D eigenvalue weighted by atomic mass is 10.1. The molecule has 0 radical (unpaired) electrons. The zero-order valence-electron chi connectivity index (χ0n) is 6.03. The molecule has 0 saturated heterocycles. The summed E-state index contributed by atoms with van der Waals surface area (Å²) in [7, 11) is 0. The Morgan fingerprint density at radius 1 is 1.40 bits per heavy atom. The maximum absolute atomic E-state index is 9.13. The molecule has 10 heavy (non-hydrogen) atoms. The second-order valence-electron chi connectivity index (χ2n) is 2.33. The van der Waals surface area contributed by atoms with E-state index in [0.717, 1.165) is 0 Å². The Hall–Kier alpha value is -0.160. The number of aliphatic hydroxyl groups is 2. The van der Waals surface area contributed by atoms with Crippen molar-refractivity contribution in [1.29, 1.82) is 0 Å². The Morgan fingerprint density at radius 2 is 2.00 bits per heavy atom. The molecular formula is C6H16N2O2. The van der Waals surface area contributed by atoms with Gasteiger partial charge in [0.05, 0.1) is 6.10 Å². The standard InChI is InChI=1S/C6H16N2O2/c7-4-5(8)6(10)2-1-3-9/h5-6,9-10H,1-4,7-8H2. The third-order valence-corrected chi connectivity index (χ3v) is 1.42. The van der Waals surface area contributed by atoms with Crippen LogP contribution in [0, 0.1) is 0 Å². The van der Waals surface area contributed by atoms with E-state index in [-0.39, 0.29) is 19.2 Å². The summed E-state index contributed by atoms with van der Waals surface area (Å²) >= 11 is 0. The second-order valence-corrected chi connectivity index (χ2v) is 2.33. The van der Waals surface area contributed by atoms with Crippen molar-refractivity contribution in [2.24, 2.45) is 11.5 Å². The van der Waals surface area contributed by atoms with Crippen LogP contribution in [0.4, 0.5) is 0 Å². The lowest BCUT2D eigenvalue weighted by Crippen LogP contribution is -2.41. The maximum atomic E-state index is 9.13. The molecule has 0 aromatic heterocycles. The summed E-state index contributed by atoms with van der Waals surface area (Å²) in [5.74, 6) is 0. The molecule has 2 atom stereocenters. The van der Waals surface area contributed by atoms with Crippen LogP contribution in [0.2, 0.25) is 0 Å². The third-order valence-electron chi connectivity index (χ3n) is 1.42. The van der Waals surface area contributed by atoms with Crippen molar-refractivity contribution in [3.63, 3.8) is 0 Å². The average molecular weight is 148 g/mol. The first-order chi connectivity index (χ1) is 4.72. The predicted molar refractivity (Wildman–Crippen MR) is 39.4 cm³/mol. The Balaban J connectivity index is 3.31. The van der Waals surface area contributed by atoms with E-state index < -0.39 is 6.10 Å². The van der Waals surface area contributed by atoms with Gasteiger partial charge in [-0.1, -0.05) is 0 Å². The molecule has 0 spiro atoms. The second kappa shape index (κ2) is 5.61. The van der Waals surface area contributed by atoms with Crippen LogP contribution in [0.5, 0.6) is 0 Å². The van der Waals surface area contributed by atoms with Crippen molar-refractivity contribution in [2.75, 3.05) is 13.2 Å². The highest BCUT2D eigenvalue weighted by Crippen LogP contribution is 1.98. The van der Waals surface area contributed by atoms with Crippen molar-refractivity contribution in [2.45, 2.75) is 25.0 Å². The van der Waals surface area contributed by atoms with Crippen molar-refractivity contribution in [3.05, 3.63) is 0 Å². The van der Waals surface area contributed by atoms with Gasteiger partial charge in [0.15, 0.2) is 0 Å². The van der Waals surface area contributed by atoms with E-state index in [1.54, 1.807) is 0 Å². The van der Waals surface area contributed by atoms with Crippen LogP contribution in [0.15, 0.2) is 0 Å². The summed E-state index contributed by atoms with van der Waals surface area (Å²) in [6.45, 7) is 0.376. The maximum Gasteiger partial charge on any atom is 0.0704 e. The van der Waals surface area contributed by atoms with Crippen molar-refractivity contribution >= 4 is 0 Å². The monoisotopic (exact) mass is 148 g/mol. The zero-order chi connectivity index (χ0) is 7.98. The molecular weight excluding hydrogens is 132 g/mol. The molecule has 0 amide bonds. The highest BCUT2D eigenvalue weighted by Gasteiger charge is 2.11. The summed E-state index contributed by atoms with van der Waals surface area (Å²) in [6, 6.07) is -0.355. The molecule has 4 heteroatoms. The summed E-state index contributed by atoms with van der Waals surface area (Å²) in [5, 5.41) is 17.5. The van der Waals surface area contributed by atoms with E-state index in [4.69, 9.17) is 21.7 Å². The molecule has 4 nitrogen and oxygen atoms in total. The van der Waals surface area contributed by atoms with Gasteiger partial charge in [0.25, 0.3) is 0 Å². The van der Waals surface area contributed by atoms with E-state index in [0.29, 0.717) is 12.8 Å². The number of nitrogens with two attached hydrogens (primary N) is 2. The molecule has 0 aliphatic carbocycles. The number of hydrogen-bond donors (Lipinski definition) is 4. The number of rotatable bonds is 5. The van der Waals surface area contributed by atoms with Gasteiger partial charge in [0.2, 0.25) is 0 Å². The van der Waals surface area contributed by atoms with Crippen LogP contribution in [-0.4, -0.2) is 35.5 Å². The van der Waals surface area contributed by atoms with Crippen LogP contribution in [0.3, 0.4) is 0 Å². The van der Waals surface area contributed by atoms with Gasteiger partial charge in [-0.2, -0.15) is 0 Å². The van der Waals surface area contributed by atoms with Gasteiger partial charge in [-0.05, 0) is 12.8 Å². The fourth-order valence-corrected chi connectivity index (χ4v) is 0.672. The fourth-order valence-electron chi connectivity index (χ4n) is 0.672. The van der Waals surface area contributed by atoms with Crippen molar-refractivity contribution in [3.8, 4) is 0 Å². The Kier molecular flexibility index (Phi) is 5.52. The minimum Gasteiger partial charge on any atom is -0.396 e. The molecule has 2 unspecified atom stereocenters. The van der Waals surface area contributed by atoms with Gasteiger partial charge < -0.3 is 21.7 Å². The minimum absolute atomic E-state index is 0.0916. The highest BCUT2D eigenvalue weighted by atomic mass is 16.3. The molecule has 0 aromatic carbocycles. The smallest absolute Gasteiger partial charge is 0.0704 e. The summed E-state index contributed by atoms with van der Waals surface area (Å²) in [6.07, 6.45) is 0.529. The third kappa shape index (κ3) is 3.79. The molecule has 0 fully saturated rings. The summed E-state index contributed by atoms with van der Waals surface area (Å²) in [4.78, 5) is 0. The molecule has 0 aromatic rings. The van der Waals surface area contributed by atoms with E-state index in [9.17, 15) is 0 Å². The molecule has 0 aliphatic heterocycles. The quantitative estimate of drug-likeness (QED) is 0.378. The first kappa shape index (κ1) is 9.84. The topological polar surface area (TPSA) is 92.5 Å². The first-order valence-corrected chi connectivity index (χ1v) is 3.47. The normalized spacial score (nSPS) is 16.8. The highest BCUT2D eigenvalue weighted by molar-refractivity contribution is 4.71. The van der Waals surface area contributed by atoms with Gasteiger partial charge in [-0.25, -0.2) is 0 Å². The van der Waals surface area contributed by atoms with Crippen LogP contribution in [0.25, 0.3) is 0 Å². The van der Waals surface area contributed by atoms with E-state index in [2.05, 4.69) is 0 Å². The van der Waals surface area contributed by atoms with Crippen LogP contribution in [0.1, 0.15) is 12.8 Å². The van der Waals surface area contributed by atoms with Crippen molar-refractivity contribution < 1.29 is 10.2 Å². The molecule has 0 aliphatic rings.